The van der Waals surface area contributed by atoms with E-state index in [1.54, 1.807) is 6.07 Å². The van der Waals surface area contributed by atoms with Gasteiger partial charge in [0.25, 0.3) is 0 Å². The fourth-order valence-electron chi connectivity index (χ4n) is 2.51. The van der Waals surface area contributed by atoms with Gasteiger partial charge in [-0.15, -0.1) is 0 Å². The molecule has 3 rings (SSSR count). The van der Waals surface area contributed by atoms with Crippen molar-refractivity contribution in [2.75, 3.05) is 6.79 Å². The van der Waals surface area contributed by atoms with Crippen LogP contribution in [0.1, 0.15) is 30.7 Å². The van der Waals surface area contributed by atoms with E-state index in [-0.39, 0.29) is 24.9 Å². The van der Waals surface area contributed by atoms with E-state index in [0.29, 0.717) is 17.4 Å². The summed E-state index contributed by atoms with van der Waals surface area (Å²) in [5.74, 6) is 0.612. The first-order valence-electron chi connectivity index (χ1n) is 5.99. The normalized spacial score (nSPS) is 18.7. The third kappa shape index (κ3) is 1.96. The average Bonchev–Trinajstić information content (AvgIpc) is 3.04. The Hall–Kier alpha value is -1.91. The largest absolute Gasteiger partial charge is 0.508 e. The van der Waals surface area contributed by atoms with Crippen molar-refractivity contribution in [3.8, 4) is 17.2 Å². The quantitative estimate of drug-likeness (QED) is 0.855. The van der Waals surface area contributed by atoms with Gasteiger partial charge in [-0.05, 0) is 24.8 Å². The molecule has 1 aliphatic carbocycles. The fraction of sp³-hybridized carbons (Fsp3) is 0.462. The molecule has 0 saturated heterocycles. The maximum Gasteiger partial charge on any atom is 0.303 e. The second-order valence-electron chi connectivity index (χ2n) is 4.81. The summed E-state index contributed by atoms with van der Waals surface area (Å²) in [6.45, 7) is 0.121. The van der Waals surface area contributed by atoms with E-state index in [1.165, 1.54) is 6.07 Å². The molecular formula is C13H14O5. The molecule has 0 bridgehead atoms. The summed E-state index contributed by atoms with van der Waals surface area (Å²) >= 11 is 0. The smallest absolute Gasteiger partial charge is 0.303 e. The molecule has 96 valence electrons. The number of carboxylic acids is 1. The molecule has 0 spiro atoms. The Bertz CT molecular complexity index is 492. The summed E-state index contributed by atoms with van der Waals surface area (Å²) in [5, 5.41) is 18.7. The SMILES string of the molecule is O=C(O)CC(c1cc(O)cc2c1OCO2)C1CC1. The second-order valence-corrected chi connectivity index (χ2v) is 4.81. The topological polar surface area (TPSA) is 76.0 Å². The maximum absolute atomic E-state index is 11.0. The van der Waals surface area contributed by atoms with Crippen LogP contribution >= 0.6 is 0 Å². The van der Waals surface area contributed by atoms with Crippen molar-refractivity contribution < 1.29 is 24.5 Å². The van der Waals surface area contributed by atoms with Crippen LogP contribution in [0.5, 0.6) is 17.2 Å². The lowest BCUT2D eigenvalue weighted by molar-refractivity contribution is -0.137. The zero-order chi connectivity index (χ0) is 12.7. The summed E-state index contributed by atoms with van der Waals surface area (Å²) in [7, 11) is 0. The molecule has 18 heavy (non-hydrogen) atoms. The minimum Gasteiger partial charge on any atom is -0.508 e. The number of benzene rings is 1. The van der Waals surface area contributed by atoms with E-state index < -0.39 is 5.97 Å². The van der Waals surface area contributed by atoms with Crippen molar-refractivity contribution >= 4 is 5.97 Å². The Kier molecular flexibility index (Phi) is 2.54. The number of aliphatic carboxylic acids is 1. The number of fused-ring (bicyclic) bond motifs is 1. The molecule has 1 aromatic rings. The number of hydrogen-bond acceptors (Lipinski definition) is 4. The molecule has 0 radical (unpaired) electrons. The lowest BCUT2D eigenvalue weighted by Crippen LogP contribution is -2.09. The van der Waals surface area contributed by atoms with Crippen molar-refractivity contribution in [1.29, 1.82) is 0 Å². The van der Waals surface area contributed by atoms with Crippen LogP contribution in [-0.2, 0) is 4.79 Å². The van der Waals surface area contributed by atoms with Crippen LogP contribution in [0.25, 0.3) is 0 Å². The van der Waals surface area contributed by atoms with Crippen LogP contribution in [0.3, 0.4) is 0 Å². The average molecular weight is 250 g/mol. The summed E-state index contributed by atoms with van der Waals surface area (Å²) < 4.78 is 10.6. The Morgan fingerprint density at radius 3 is 2.83 bits per heavy atom. The van der Waals surface area contributed by atoms with E-state index in [2.05, 4.69) is 0 Å². The molecule has 1 fully saturated rings. The minimum atomic E-state index is -0.831. The summed E-state index contributed by atoms with van der Waals surface area (Å²) in [6, 6.07) is 3.09. The van der Waals surface area contributed by atoms with Crippen LogP contribution in [0.15, 0.2) is 12.1 Å². The highest BCUT2D eigenvalue weighted by Gasteiger charge is 2.37. The van der Waals surface area contributed by atoms with E-state index in [4.69, 9.17) is 14.6 Å². The number of hydrogen-bond donors (Lipinski definition) is 2. The predicted octanol–water partition coefficient (Wildman–Crippen LogP) is 2.09. The fourth-order valence-corrected chi connectivity index (χ4v) is 2.51. The minimum absolute atomic E-state index is 0.0594. The third-order valence-electron chi connectivity index (χ3n) is 3.47. The molecule has 0 amide bonds. The predicted molar refractivity (Wildman–Crippen MR) is 61.9 cm³/mol. The molecule has 2 N–H and O–H groups in total. The van der Waals surface area contributed by atoms with Crippen LogP contribution in [0.2, 0.25) is 0 Å². The van der Waals surface area contributed by atoms with E-state index in [9.17, 15) is 9.90 Å². The first-order valence-corrected chi connectivity index (χ1v) is 5.99. The zero-order valence-electron chi connectivity index (χ0n) is 9.76. The maximum atomic E-state index is 11.0. The molecule has 1 heterocycles. The van der Waals surface area contributed by atoms with Crippen molar-refractivity contribution in [3.05, 3.63) is 17.7 Å². The standard InChI is InChI=1S/C13H14O5/c14-8-3-10(13-11(4-8)17-6-18-13)9(5-12(15)16)7-1-2-7/h3-4,7,9,14H,1-2,5-6H2,(H,15,16). The Morgan fingerprint density at radius 1 is 1.39 bits per heavy atom. The van der Waals surface area contributed by atoms with Gasteiger partial charge < -0.3 is 19.7 Å². The van der Waals surface area contributed by atoms with Gasteiger partial charge in [0.05, 0.1) is 6.42 Å². The summed E-state index contributed by atoms with van der Waals surface area (Å²) in [4.78, 5) is 11.0. The van der Waals surface area contributed by atoms with E-state index >= 15 is 0 Å². The number of phenolic OH excluding ortho intramolecular Hbond substituents is 1. The van der Waals surface area contributed by atoms with Crippen molar-refractivity contribution in [2.45, 2.75) is 25.2 Å². The van der Waals surface area contributed by atoms with Gasteiger partial charge in [0.2, 0.25) is 6.79 Å². The van der Waals surface area contributed by atoms with Gasteiger partial charge in [-0.2, -0.15) is 0 Å². The zero-order valence-corrected chi connectivity index (χ0v) is 9.76. The van der Waals surface area contributed by atoms with Gasteiger partial charge in [0.1, 0.15) is 5.75 Å². The molecule has 1 unspecified atom stereocenters. The Labute approximate surface area is 104 Å². The number of phenols is 1. The highest BCUT2D eigenvalue weighted by atomic mass is 16.7. The molecule has 5 nitrogen and oxygen atoms in total. The second kappa shape index (κ2) is 4.08. The van der Waals surface area contributed by atoms with Crippen molar-refractivity contribution in [3.63, 3.8) is 0 Å². The van der Waals surface area contributed by atoms with Gasteiger partial charge in [-0.1, -0.05) is 0 Å². The van der Waals surface area contributed by atoms with Crippen LogP contribution in [0.4, 0.5) is 0 Å². The van der Waals surface area contributed by atoms with Gasteiger partial charge in [0.15, 0.2) is 11.5 Å². The molecule has 5 heteroatoms. The highest BCUT2D eigenvalue weighted by molar-refractivity contribution is 5.69. The number of aromatic hydroxyl groups is 1. The monoisotopic (exact) mass is 250 g/mol. The Balaban J connectivity index is 2.00. The number of carboxylic acid groups (broad SMARTS) is 1. The van der Waals surface area contributed by atoms with Gasteiger partial charge >= 0.3 is 5.97 Å². The number of carbonyl (C=O) groups is 1. The molecule has 0 aromatic heterocycles. The molecule has 1 aliphatic heterocycles. The van der Waals surface area contributed by atoms with Crippen molar-refractivity contribution in [2.24, 2.45) is 5.92 Å². The Morgan fingerprint density at radius 2 is 2.17 bits per heavy atom. The first-order chi connectivity index (χ1) is 8.65. The number of ether oxygens (including phenoxy) is 2. The summed E-state index contributed by atoms with van der Waals surface area (Å²) in [6.07, 6.45) is 2.12. The van der Waals surface area contributed by atoms with Crippen LogP contribution in [0, 0.1) is 5.92 Å². The molecule has 1 atom stereocenters. The van der Waals surface area contributed by atoms with E-state index in [1.807, 2.05) is 0 Å². The van der Waals surface area contributed by atoms with Gasteiger partial charge in [0, 0.05) is 17.5 Å². The first kappa shape index (κ1) is 11.2. The van der Waals surface area contributed by atoms with Gasteiger partial charge in [-0.25, -0.2) is 0 Å². The molecule has 1 aromatic carbocycles. The van der Waals surface area contributed by atoms with Crippen molar-refractivity contribution in [1.82, 2.24) is 0 Å². The van der Waals surface area contributed by atoms with Gasteiger partial charge in [-0.3, -0.25) is 4.79 Å². The molecular weight excluding hydrogens is 236 g/mol. The molecule has 2 aliphatic rings. The van der Waals surface area contributed by atoms with E-state index in [0.717, 1.165) is 18.4 Å². The number of rotatable bonds is 4. The molecule has 1 saturated carbocycles. The third-order valence-corrected chi connectivity index (χ3v) is 3.47. The summed E-state index contributed by atoms with van der Waals surface area (Å²) in [5.41, 5.74) is 0.757. The highest BCUT2D eigenvalue weighted by Crippen LogP contribution is 2.51. The lowest BCUT2D eigenvalue weighted by Gasteiger charge is -2.16. The van der Waals surface area contributed by atoms with Crippen LogP contribution < -0.4 is 9.47 Å². The lowest BCUT2D eigenvalue weighted by atomic mass is 9.90. The van der Waals surface area contributed by atoms with Crippen LogP contribution in [-0.4, -0.2) is 23.0 Å².